The van der Waals surface area contributed by atoms with Gasteiger partial charge in [0.05, 0.1) is 11.4 Å². The average molecular weight is 272 g/mol. The van der Waals surface area contributed by atoms with Crippen LogP contribution in [0.4, 0.5) is 11.4 Å². The van der Waals surface area contributed by atoms with Crippen LogP contribution in [0.25, 0.3) is 11.1 Å². The van der Waals surface area contributed by atoms with Gasteiger partial charge in [0.15, 0.2) is 0 Å². The molecule has 2 heteroatoms. The molecule has 0 N–H and O–H groups in total. The van der Waals surface area contributed by atoms with Gasteiger partial charge in [-0.1, -0.05) is 60.2 Å². The fourth-order valence-electron chi connectivity index (χ4n) is 2.08. The van der Waals surface area contributed by atoms with Crippen LogP contribution >= 0.6 is 0 Å². The molecule has 0 spiro atoms. The van der Waals surface area contributed by atoms with Gasteiger partial charge in [0.2, 0.25) is 0 Å². The van der Waals surface area contributed by atoms with E-state index in [1.807, 2.05) is 54.6 Å². The molecular formula is C19H16N2. The Morgan fingerprint density at radius 1 is 0.524 bits per heavy atom. The lowest BCUT2D eigenvalue weighted by atomic mass is 10.1. The van der Waals surface area contributed by atoms with E-state index in [1.54, 1.807) is 0 Å². The second-order valence-corrected chi connectivity index (χ2v) is 4.95. The molecule has 0 aliphatic carbocycles. The summed E-state index contributed by atoms with van der Waals surface area (Å²) in [5.41, 5.74) is 5.34. The number of aryl methyl sites for hydroxylation is 1. The van der Waals surface area contributed by atoms with Gasteiger partial charge in [-0.2, -0.15) is 10.2 Å². The number of benzene rings is 3. The van der Waals surface area contributed by atoms with Crippen molar-refractivity contribution in [3.63, 3.8) is 0 Å². The molecule has 2 nitrogen and oxygen atoms in total. The molecule has 0 unspecified atom stereocenters. The number of rotatable bonds is 3. The number of azo groups is 1. The Morgan fingerprint density at radius 2 is 1.00 bits per heavy atom. The zero-order chi connectivity index (χ0) is 14.5. The minimum absolute atomic E-state index is 0.857. The molecule has 0 aliphatic heterocycles. The molecule has 3 aromatic carbocycles. The van der Waals surface area contributed by atoms with Gasteiger partial charge in [-0.25, -0.2) is 0 Å². The van der Waals surface area contributed by atoms with Crippen molar-refractivity contribution in [2.24, 2.45) is 10.2 Å². The summed E-state index contributed by atoms with van der Waals surface area (Å²) in [5, 5.41) is 8.51. The van der Waals surface area contributed by atoms with E-state index in [1.165, 1.54) is 16.7 Å². The second-order valence-electron chi connectivity index (χ2n) is 4.95. The summed E-state index contributed by atoms with van der Waals surface area (Å²) >= 11 is 0. The predicted molar refractivity (Wildman–Crippen MR) is 87.2 cm³/mol. The van der Waals surface area contributed by atoms with Gasteiger partial charge >= 0.3 is 0 Å². The molecule has 0 radical (unpaired) electrons. The van der Waals surface area contributed by atoms with Crippen LogP contribution in [0.5, 0.6) is 0 Å². The summed E-state index contributed by atoms with van der Waals surface area (Å²) in [6, 6.07) is 26.4. The molecule has 0 aliphatic rings. The Bertz CT molecular complexity index is 727. The van der Waals surface area contributed by atoms with E-state index in [-0.39, 0.29) is 0 Å². The van der Waals surface area contributed by atoms with Gasteiger partial charge in [-0.3, -0.25) is 0 Å². The van der Waals surface area contributed by atoms with E-state index < -0.39 is 0 Å². The van der Waals surface area contributed by atoms with E-state index in [9.17, 15) is 0 Å². The molecule has 0 amide bonds. The summed E-state index contributed by atoms with van der Waals surface area (Å²) in [5.74, 6) is 0. The van der Waals surface area contributed by atoms with Crippen molar-refractivity contribution in [3.8, 4) is 11.1 Å². The molecule has 0 aromatic heterocycles. The number of hydrogen-bond acceptors (Lipinski definition) is 2. The average Bonchev–Trinajstić information content (AvgIpc) is 2.56. The van der Waals surface area contributed by atoms with E-state index in [2.05, 4.69) is 41.4 Å². The predicted octanol–water partition coefficient (Wildman–Crippen LogP) is 6.08. The van der Waals surface area contributed by atoms with Crippen molar-refractivity contribution in [1.82, 2.24) is 0 Å². The Hall–Kier alpha value is -2.74. The van der Waals surface area contributed by atoms with Gasteiger partial charge < -0.3 is 0 Å². The van der Waals surface area contributed by atoms with E-state index in [0.29, 0.717) is 0 Å². The fourth-order valence-corrected chi connectivity index (χ4v) is 2.08. The van der Waals surface area contributed by atoms with Crippen molar-refractivity contribution < 1.29 is 0 Å². The molecule has 0 fully saturated rings. The first kappa shape index (κ1) is 13.3. The standard InChI is InChI=1S/C19H16N2/c1-15-7-11-18(12-8-15)20-21-19-13-9-17(10-14-19)16-5-3-2-4-6-16/h2-14H,1H3. The highest BCUT2D eigenvalue weighted by atomic mass is 15.1. The van der Waals surface area contributed by atoms with Crippen molar-refractivity contribution in [2.45, 2.75) is 6.92 Å². The summed E-state index contributed by atoms with van der Waals surface area (Å²) in [7, 11) is 0. The highest BCUT2D eigenvalue weighted by Gasteiger charge is 1.96. The van der Waals surface area contributed by atoms with Gasteiger partial charge in [0, 0.05) is 0 Å². The maximum absolute atomic E-state index is 4.27. The minimum atomic E-state index is 0.857. The first-order valence-corrected chi connectivity index (χ1v) is 6.95. The van der Waals surface area contributed by atoms with Crippen LogP contribution < -0.4 is 0 Å². The molecule has 0 heterocycles. The number of nitrogens with zero attached hydrogens (tertiary/aromatic N) is 2. The Balaban J connectivity index is 1.77. The van der Waals surface area contributed by atoms with Gasteiger partial charge in [-0.15, -0.1) is 0 Å². The molecule has 102 valence electrons. The Labute approximate surface area is 124 Å². The Morgan fingerprint density at radius 3 is 1.57 bits per heavy atom. The first-order valence-electron chi connectivity index (χ1n) is 6.95. The zero-order valence-electron chi connectivity index (χ0n) is 11.9. The van der Waals surface area contributed by atoms with Crippen LogP contribution in [0, 0.1) is 6.92 Å². The van der Waals surface area contributed by atoms with Crippen LogP contribution in [0.3, 0.4) is 0 Å². The summed E-state index contributed by atoms with van der Waals surface area (Å²) in [6.45, 7) is 2.06. The topological polar surface area (TPSA) is 24.7 Å². The van der Waals surface area contributed by atoms with Crippen molar-refractivity contribution in [2.75, 3.05) is 0 Å². The van der Waals surface area contributed by atoms with Crippen LogP contribution in [0.15, 0.2) is 89.1 Å². The molecule has 3 rings (SSSR count). The summed E-state index contributed by atoms with van der Waals surface area (Å²) in [4.78, 5) is 0. The fraction of sp³-hybridized carbons (Fsp3) is 0.0526. The molecule has 0 saturated carbocycles. The second kappa shape index (κ2) is 6.14. The minimum Gasteiger partial charge on any atom is -0.151 e. The third-order valence-electron chi connectivity index (χ3n) is 3.29. The van der Waals surface area contributed by atoms with Crippen molar-refractivity contribution in [3.05, 3.63) is 84.4 Å². The molecule has 0 saturated heterocycles. The third kappa shape index (κ3) is 3.42. The molecule has 3 aromatic rings. The molecule has 21 heavy (non-hydrogen) atoms. The van der Waals surface area contributed by atoms with E-state index in [4.69, 9.17) is 0 Å². The van der Waals surface area contributed by atoms with Gasteiger partial charge in [0.25, 0.3) is 0 Å². The van der Waals surface area contributed by atoms with Crippen molar-refractivity contribution >= 4 is 11.4 Å². The van der Waals surface area contributed by atoms with Crippen LogP contribution in [0.2, 0.25) is 0 Å². The lowest BCUT2D eigenvalue weighted by Crippen LogP contribution is -1.75. The van der Waals surface area contributed by atoms with Gasteiger partial charge in [-0.05, 0) is 42.3 Å². The van der Waals surface area contributed by atoms with Gasteiger partial charge in [0.1, 0.15) is 0 Å². The number of hydrogen-bond donors (Lipinski definition) is 0. The monoisotopic (exact) mass is 272 g/mol. The lowest BCUT2D eigenvalue weighted by molar-refractivity contribution is 1.23. The Kier molecular flexibility index (Phi) is 3.88. The van der Waals surface area contributed by atoms with Crippen molar-refractivity contribution in [1.29, 1.82) is 0 Å². The zero-order valence-corrected chi connectivity index (χ0v) is 11.9. The largest absolute Gasteiger partial charge is 0.151 e. The maximum Gasteiger partial charge on any atom is 0.0857 e. The molecule has 0 atom stereocenters. The van der Waals surface area contributed by atoms with Crippen LogP contribution in [-0.2, 0) is 0 Å². The first-order chi connectivity index (χ1) is 10.3. The SMILES string of the molecule is Cc1ccc(N=Nc2ccc(-c3ccccc3)cc2)cc1. The van der Waals surface area contributed by atoms with E-state index >= 15 is 0 Å². The summed E-state index contributed by atoms with van der Waals surface area (Å²) in [6.07, 6.45) is 0. The van der Waals surface area contributed by atoms with Crippen LogP contribution in [0.1, 0.15) is 5.56 Å². The third-order valence-corrected chi connectivity index (χ3v) is 3.29. The highest BCUT2D eigenvalue weighted by Crippen LogP contribution is 2.23. The quantitative estimate of drug-likeness (QED) is 0.516. The maximum atomic E-state index is 4.27. The lowest BCUT2D eigenvalue weighted by Gasteiger charge is -2.01. The molecular weight excluding hydrogens is 256 g/mol. The molecule has 0 bridgehead atoms. The highest BCUT2D eigenvalue weighted by molar-refractivity contribution is 5.65. The summed E-state index contributed by atoms with van der Waals surface area (Å²) < 4.78 is 0. The normalized spacial score (nSPS) is 10.9. The smallest absolute Gasteiger partial charge is 0.0857 e. The van der Waals surface area contributed by atoms with Crippen LogP contribution in [-0.4, -0.2) is 0 Å². The van der Waals surface area contributed by atoms with E-state index in [0.717, 1.165) is 11.4 Å².